The summed E-state index contributed by atoms with van der Waals surface area (Å²) in [7, 11) is 1.82. The minimum atomic E-state index is 0. The summed E-state index contributed by atoms with van der Waals surface area (Å²) < 4.78 is 0. The lowest BCUT2D eigenvalue weighted by atomic mass is 10.1. The van der Waals surface area contributed by atoms with E-state index in [4.69, 9.17) is 0 Å². The SMILES string of the molecule is CCN1CCN(Cc2ccc(CNC(=NC)NCCc3ccccc3)cc2)CC1.I. The van der Waals surface area contributed by atoms with Crippen molar-refractivity contribution in [3.8, 4) is 0 Å². The fourth-order valence-electron chi connectivity index (χ4n) is 3.66. The standard InChI is InChI=1S/C24H35N5.HI/c1-3-28-15-17-29(18-16-28)20-23-11-9-22(10-12-23)19-27-24(25-2)26-14-13-21-7-5-4-6-8-21;/h4-12H,3,13-20H2,1-2H3,(H2,25,26,27);1H. The lowest BCUT2D eigenvalue weighted by Crippen LogP contribution is -2.45. The van der Waals surface area contributed by atoms with Crippen LogP contribution in [0, 0.1) is 0 Å². The Morgan fingerprint density at radius 1 is 0.833 bits per heavy atom. The number of benzene rings is 2. The molecular formula is C24H36IN5. The van der Waals surface area contributed by atoms with Gasteiger partial charge in [-0.3, -0.25) is 9.89 Å². The van der Waals surface area contributed by atoms with Gasteiger partial charge in [0.2, 0.25) is 0 Å². The van der Waals surface area contributed by atoms with Crippen molar-refractivity contribution in [3.63, 3.8) is 0 Å². The van der Waals surface area contributed by atoms with Crippen molar-refractivity contribution in [2.45, 2.75) is 26.4 Å². The van der Waals surface area contributed by atoms with Gasteiger partial charge in [-0.25, -0.2) is 0 Å². The summed E-state index contributed by atoms with van der Waals surface area (Å²) in [4.78, 5) is 9.40. The normalized spacial score (nSPS) is 15.5. The highest BCUT2D eigenvalue weighted by Crippen LogP contribution is 2.10. The van der Waals surface area contributed by atoms with Crippen LogP contribution in [-0.2, 0) is 19.5 Å². The maximum atomic E-state index is 4.33. The Hall–Kier alpha value is -1.64. The number of aliphatic imine (C=N–C) groups is 1. The molecule has 3 rings (SSSR count). The lowest BCUT2D eigenvalue weighted by Gasteiger charge is -2.34. The van der Waals surface area contributed by atoms with Crippen LogP contribution in [0.25, 0.3) is 0 Å². The van der Waals surface area contributed by atoms with Crippen LogP contribution in [0.3, 0.4) is 0 Å². The van der Waals surface area contributed by atoms with Crippen molar-refractivity contribution < 1.29 is 0 Å². The van der Waals surface area contributed by atoms with Gasteiger partial charge in [0, 0.05) is 52.9 Å². The molecule has 1 aliphatic rings. The van der Waals surface area contributed by atoms with Crippen molar-refractivity contribution >= 4 is 29.9 Å². The number of rotatable bonds is 8. The first-order valence-electron chi connectivity index (χ1n) is 10.8. The van der Waals surface area contributed by atoms with Gasteiger partial charge in [0.1, 0.15) is 0 Å². The van der Waals surface area contributed by atoms with Gasteiger partial charge >= 0.3 is 0 Å². The minimum absolute atomic E-state index is 0. The Bertz CT molecular complexity index is 740. The average Bonchev–Trinajstić information content (AvgIpc) is 2.78. The molecule has 0 saturated carbocycles. The number of hydrogen-bond donors (Lipinski definition) is 2. The Balaban J connectivity index is 0.00000320. The highest BCUT2D eigenvalue weighted by atomic mass is 127. The van der Waals surface area contributed by atoms with E-state index in [0.29, 0.717) is 0 Å². The first-order valence-corrected chi connectivity index (χ1v) is 10.8. The molecule has 1 aliphatic heterocycles. The molecule has 1 saturated heterocycles. The highest BCUT2D eigenvalue weighted by Gasteiger charge is 2.15. The zero-order valence-electron chi connectivity index (χ0n) is 18.3. The van der Waals surface area contributed by atoms with Crippen molar-refractivity contribution in [2.24, 2.45) is 4.99 Å². The largest absolute Gasteiger partial charge is 0.356 e. The molecule has 0 unspecified atom stereocenters. The molecule has 0 amide bonds. The Morgan fingerprint density at radius 3 is 2.10 bits per heavy atom. The van der Waals surface area contributed by atoms with Gasteiger partial charge in [0.15, 0.2) is 5.96 Å². The molecule has 5 nitrogen and oxygen atoms in total. The maximum absolute atomic E-state index is 4.33. The molecule has 0 bridgehead atoms. The molecule has 0 radical (unpaired) electrons. The van der Waals surface area contributed by atoms with Crippen LogP contribution in [0.5, 0.6) is 0 Å². The maximum Gasteiger partial charge on any atom is 0.191 e. The summed E-state index contributed by atoms with van der Waals surface area (Å²) >= 11 is 0. The van der Waals surface area contributed by atoms with E-state index >= 15 is 0 Å². The monoisotopic (exact) mass is 521 g/mol. The molecule has 0 spiro atoms. The second-order valence-electron chi connectivity index (χ2n) is 7.62. The molecule has 1 heterocycles. The van der Waals surface area contributed by atoms with Crippen molar-refractivity contribution in [1.29, 1.82) is 0 Å². The third-order valence-corrected chi connectivity index (χ3v) is 5.57. The van der Waals surface area contributed by atoms with Crippen molar-refractivity contribution in [2.75, 3.05) is 46.3 Å². The highest BCUT2D eigenvalue weighted by molar-refractivity contribution is 14.0. The number of hydrogen-bond acceptors (Lipinski definition) is 3. The second kappa shape index (κ2) is 13.6. The van der Waals surface area contributed by atoms with Crippen molar-refractivity contribution in [1.82, 2.24) is 20.4 Å². The molecule has 1 fully saturated rings. The summed E-state index contributed by atoms with van der Waals surface area (Å²) in [5.74, 6) is 0.846. The molecule has 2 aromatic carbocycles. The van der Waals surface area contributed by atoms with E-state index in [0.717, 1.165) is 32.0 Å². The van der Waals surface area contributed by atoms with E-state index in [1.807, 2.05) is 7.05 Å². The van der Waals surface area contributed by atoms with E-state index in [2.05, 4.69) is 86.9 Å². The molecule has 6 heteroatoms. The second-order valence-corrected chi connectivity index (χ2v) is 7.62. The Morgan fingerprint density at radius 2 is 1.47 bits per heavy atom. The number of guanidine groups is 1. The van der Waals surface area contributed by atoms with Crippen LogP contribution in [0.1, 0.15) is 23.6 Å². The Kier molecular flexibility index (Phi) is 11.2. The predicted molar refractivity (Wildman–Crippen MR) is 138 cm³/mol. The lowest BCUT2D eigenvalue weighted by molar-refractivity contribution is 0.132. The molecule has 164 valence electrons. The summed E-state index contributed by atoms with van der Waals surface area (Å²) in [6.45, 7) is 10.8. The van der Waals surface area contributed by atoms with E-state index in [9.17, 15) is 0 Å². The molecular weight excluding hydrogens is 485 g/mol. The number of piperazine rings is 1. The third-order valence-electron chi connectivity index (χ3n) is 5.57. The van der Waals surface area contributed by atoms with Crippen molar-refractivity contribution in [3.05, 3.63) is 71.3 Å². The number of nitrogens with one attached hydrogen (secondary N) is 2. The average molecular weight is 521 g/mol. The Labute approximate surface area is 199 Å². The number of halogens is 1. The first-order chi connectivity index (χ1) is 14.3. The van der Waals surface area contributed by atoms with Crippen LogP contribution in [-0.4, -0.2) is 62.1 Å². The number of nitrogens with zero attached hydrogens (tertiary/aromatic N) is 3. The van der Waals surface area contributed by atoms with E-state index in [-0.39, 0.29) is 24.0 Å². The summed E-state index contributed by atoms with van der Waals surface area (Å²) in [6, 6.07) is 19.5. The van der Waals surface area contributed by atoms with Gasteiger partial charge in [-0.05, 0) is 29.7 Å². The van der Waals surface area contributed by atoms with Gasteiger partial charge in [-0.15, -0.1) is 24.0 Å². The van der Waals surface area contributed by atoms with Crippen LogP contribution in [0.2, 0.25) is 0 Å². The van der Waals surface area contributed by atoms with Gasteiger partial charge in [0.05, 0.1) is 0 Å². The minimum Gasteiger partial charge on any atom is -0.356 e. The summed E-state index contributed by atoms with van der Waals surface area (Å²) in [5, 5.41) is 6.80. The van der Waals surface area contributed by atoms with Crippen LogP contribution < -0.4 is 10.6 Å². The predicted octanol–water partition coefficient (Wildman–Crippen LogP) is 3.35. The fraction of sp³-hybridized carbons (Fsp3) is 0.458. The molecule has 0 atom stereocenters. The van der Waals surface area contributed by atoms with Crippen LogP contribution >= 0.6 is 24.0 Å². The molecule has 0 aliphatic carbocycles. The van der Waals surface area contributed by atoms with Gasteiger partial charge < -0.3 is 15.5 Å². The summed E-state index contributed by atoms with van der Waals surface area (Å²) in [6.07, 6.45) is 0.989. The molecule has 2 N–H and O–H groups in total. The van der Waals surface area contributed by atoms with E-state index in [1.165, 1.54) is 49.4 Å². The first kappa shape index (κ1) is 24.6. The smallest absolute Gasteiger partial charge is 0.191 e. The zero-order valence-corrected chi connectivity index (χ0v) is 20.6. The topological polar surface area (TPSA) is 42.9 Å². The molecule has 30 heavy (non-hydrogen) atoms. The third kappa shape index (κ3) is 8.24. The van der Waals surface area contributed by atoms with E-state index < -0.39 is 0 Å². The molecule has 2 aromatic rings. The number of likely N-dealkylation sites (N-methyl/N-ethyl adjacent to an activating group) is 1. The van der Waals surface area contributed by atoms with Gasteiger partial charge in [-0.1, -0.05) is 61.5 Å². The van der Waals surface area contributed by atoms with Crippen LogP contribution in [0.15, 0.2) is 59.6 Å². The molecule has 0 aromatic heterocycles. The fourth-order valence-corrected chi connectivity index (χ4v) is 3.66. The summed E-state index contributed by atoms with van der Waals surface area (Å²) in [5.41, 5.74) is 4.00. The van der Waals surface area contributed by atoms with Gasteiger partial charge in [-0.2, -0.15) is 0 Å². The quantitative estimate of drug-likeness (QED) is 0.318. The van der Waals surface area contributed by atoms with Crippen LogP contribution in [0.4, 0.5) is 0 Å². The zero-order chi connectivity index (χ0) is 20.3. The van der Waals surface area contributed by atoms with Gasteiger partial charge in [0.25, 0.3) is 0 Å². The van der Waals surface area contributed by atoms with E-state index in [1.54, 1.807) is 0 Å².